The van der Waals surface area contributed by atoms with Crippen molar-refractivity contribution in [2.45, 2.75) is 46.3 Å². The van der Waals surface area contributed by atoms with Gasteiger partial charge >= 0.3 is 5.97 Å². The summed E-state index contributed by atoms with van der Waals surface area (Å²) in [7, 11) is 1.37. The minimum Gasteiger partial charge on any atom is -0.467 e. The summed E-state index contributed by atoms with van der Waals surface area (Å²) in [4.78, 5) is 43.6. The van der Waals surface area contributed by atoms with E-state index in [1.165, 1.54) is 18.4 Å². The Morgan fingerprint density at radius 2 is 1.88 bits per heavy atom. The van der Waals surface area contributed by atoms with Crippen molar-refractivity contribution in [2.24, 2.45) is 0 Å². The highest BCUT2D eigenvalue weighted by Crippen LogP contribution is 2.44. The maximum Gasteiger partial charge on any atom is 0.339 e. The molecule has 0 aliphatic carbocycles. The zero-order valence-corrected chi connectivity index (χ0v) is 26.2. The van der Waals surface area contributed by atoms with E-state index in [0.29, 0.717) is 41.3 Å². The molecule has 11 heteroatoms. The van der Waals surface area contributed by atoms with Crippen molar-refractivity contribution in [2.75, 3.05) is 38.2 Å². The van der Waals surface area contributed by atoms with Crippen LogP contribution in [-0.4, -0.2) is 70.6 Å². The zero-order valence-electron chi connectivity index (χ0n) is 24.6. The van der Waals surface area contributed by atoms with Crippen LogP contribution in [0.2, 0.25) is 5.02 Å². The molecule has 1 aliphatic heterocycles. The van der Waals surface area contributed by atoms with Crippen LogP contribution in [0.5, 0.6) is 0 Å². The molecule has 3 heterocycles. The van der Waals surface area contributed by atoms with Crippen LogP contribution in [-0.2, 0) is 19.1 Å². The van der Waals surface area contributed by atoms with E-state index in [-0.39, 0.29) is 12.5 Å². The highest BCUT2D eigenvalue weighted by atomic mass is 35.5. The number of methoxy groups -OCH3 is 1. The van der Waals surface area contributed by atoms with E-state index in [0.717, 1.165) is 32.5 Å². The molecule has 220 valence electrons. The molecule has 5 rings (SSSR count). The number of halogens is 1. The first-order chi connectivity index (χ1) is 20.0. The summed E-state index contributed by atoms with van der Waals surface area (Å²) < 4.78 is 12.4. The van der Waals surface area contributed by atoms with Crippen LogP contribution in [0.3, 0.4) is 0 Å². The van der Waals surface area contributed by atoms with Gasteiger partial charge in [0.15, 0.2) is 6.10 Å². The minimum atomic E-state index is -0.958. The molecular formula is C31H34ClN5O4S. The van der Waals surface area contributed by atoms with Gasteiger partial charge in [-0.1, -0.05) is 23.7 Å². The molecule has 0 spiro atoms. The monoisotopic (exact) mass is 607 g/mol. The van der Waals surface area contributed by atoms with Gasteiger partial charge in [0, 0.05) is 42.0 Å². The van der Waals surface area contributed by atoms with Crippen molar-refractivity contribution in [1.82, 2.24) is 19.9 Å². The van der Waals surface area contributed by atoms with E-state index in [4.69, 9.17) is 31.0 Å². The van der Waals surface area contributed by atoms with Crippen LogP contribution in [0, 0.1) is 6.92 Å². The Hall–Kier alpha value is -3.60. The molecule has 1 unspecified atom stereocenters. The van der Waals surface area contributed by atoms with Crippen molar-refractivity contribution in [3.05, 3.63) is 58.7 Å². The summed E-state index contributed by atoms with van der Waals surface area (Å²) >= 11 is 7.73. The number of amides is 1. The Morgan fingerprint density at radius 1 is 1.14 bits per heavy atom. The van der Waals surface area contributed by atoms with Gasteiger partial charge < -0.3 is 19.3 Å². The quantitative estimate of drug-likeness (QED) is 0.233. The van der Waals surface area contributed by atoms with Gasteiger partial charge in [-0.2, -0.15) is 0 Å². The minimum absolute atomic E-state index is 0.0611. The first-order valence-corrected chi connectivity index (χ1v) is 15.0. The summed E-state index contributed by atoms with van der Waals surface area (Å²) in [5, 5.41) is 1.31. The smallest absolute Gasteiger partial charge is 0.339 e. The fraction of sp³-hybridized carbons (Fsp3) is 0.387. The molecule has 4 aromatic rings. The lowest BCUT2D eigenvalue weighted by atomic mass is 9.91. The summed E-state index contributed by atoms with van der Waals surface area (Å²) in [6.45, 7) is 11.9. The Balaban J connectivity index is 1.66. The molecule has 1 amide bonds. The first kappa shape index (κ1) is 29.9. The molecule has 2 aromatic heterocycles. The first-order valence-electron chi connectivity index (χ1n) is 13.8. The number of rotatable bonds is 7. The summed E-state index contributed by atoms with van der Waals surface area (Å²) in [5.74, 6) is 0.0754. The number of aryl methyl sites for hydroxylation is 1. The number of nitrogens with zero attached hydrogens (tertiary/aromatic N) is 5. The average molecular weight is 608 g/mol. The number of hydrogen-bond donors (Lipinski definition) is 0. The number of carbonyl (C=O) groups is 2. The van der Waals surface area contributed by atoms with Gasteiger partial charge in [0.2, 0.25) is 11.9 Å². The number of esters is 1. The van der Waals surface area contributed by atoms with E-state index in [9.17, 15) is 9.59 Å². The van der Waals surface area contributed by atoms with Crippen LogP contribution >= 0.6 is 22.9 Å². The lowest BCUT2D eigenvalue weighted by Gasteiger charge is -2.33. The standard InChI is InChI=1S/C31H34ClN5O4S/c1-7-36-14-15-37(17-23(36)38)30-33-13-12-21(35-30)28-34-22-16-18(2)24(26(29(39)40-6)41-31(3,4)5)25(27(22)42-28)19-8-10-20(32)11-9-19/h8-13,16,26H,7,14-15,17H2,1-6H3. The second-order valence-electron chi connectivity index (χ2n) is 11.1. The van der Waals surface area contributed by atoms with Crippen molar-refractivity contribution in [1.29, 1.82) is 0 Å². The largest absolute Gasteiger partial charge is 0.467 e. The fourth-order valence-corrected chi connectivity index (χ4v) is 6.30. The number of hydrogen-bond acceptors (Lipinski definition) is 9. The maximum absolute atomic E-state index is 13.2. The Morgan fingerprint density at radius 3 is 2.52 bits per heavy atom. The number of fused-ring (bicyclic) bond motifs is 1. The van der Waals surface area contributed by atoms with Gasteiger partial charge in [-0.15, -0.1) is 11.3 Å². The van der Waals surface area contributed by atoms with Gasteiger partial charge in [0.1, 0.15) is 10.7 Å². The average Bonchev–Trinajstić information content (AvgIpc) is 3.38. The predicted molar refractivity (Wildman–Crippen MR) is 166 cm³/mol. The highest BCUT2D eigenvalue weighted by molar-refractivity contribution is 7.22. The molecule has 1 saturated heterocycles. The number of carbonyl (C=O) groups excluding carboxylic acids is 2. The van der Waals surface area contributed by atoms with Crippen molar-refractivity contribution in [3.8, 4) is 21.8 Å². The van der Waals surface area contributed by atoms with Gasteiger partial charge in [0.05, 0.1) is 29.5 Å². The molecule has 0 bridgehead atoms. The number of anilines is 1. The van der Waals surface area contributed by atoms with E-state index in [1.54, 1.807) is 6.20 Å². The van der Waals surface area contributed by atoms with Crippen LogP contribution in [0.15, 0.2) is 42.6 Å². The molecular weight excluding hydrogens is 574 g/mol. The fourth-order valence-electron chi connectivity index (χ4n) is 5.08. The number of piperazine rings is 1. The number of benzene rings is 2. The summed E-state index contributed by atoms with van der Waals surface area (Å²) in [6, 6.07) is 11.3. The van der Waals surface area contributed by atoms with E-state index >= 15 is 0 Å². The molecule has 0 N–H and O–H groups in total. The molecule has 2 aromatic carbocycles. The second-order valence-corrected chi connectivity index (χ2v) is 12.6. The van der Waals surface area contributed by atoms with Crippen molar-refractivity contribution >= 4 is 51.0 Å². The molecule has 42 heavy (non-hydrogen) atoms. The van der Waals surface area contributed by atoms with E-state index in [2.05, 4.69) is 4.98 Å². The molecule has 1 fully saturated rings. The number of thiazole rings is 1. The lowest BCUT2D eigenvalue weighted by molar-refractivity contribution is -0.164. The topological polar surface area (TPSA) is 97.8 Å². The summed E-state index contributed by atoms with van der Waals surface area (Å²) in [6.07, 6.45) is 0.738. The van der Waals surface area contributed by atoms with Crippen LogP contribution in [0.4, 0.5) is 5.95 Å². The molecule has 9 nitrogen and oxygen atoms in total. The number of ether oxygens (including phenoxy) is 2. The van der Waals surface area contributed by atoms with Crippen LogP contribution < -0.4 is 4.90 Å². The van der Waals surface area contributed by atoms with Crippen LogP contribution in [0.1, 0.15) is 44.9 Å². The van der Waals surface area contributed by atoms with Gasteiger partial charge in [-0.3, -0.25) is 4.79 Å². The van der Waals surface area contributed by atoms with Gasteiger partial charge in [0.25, 0.3) is 0 Å². The highest BCUT2D eigenvalue weighted by Gasteiger charge is 2.33. The van der Waals surface area contributed by atoms with Crippen molar-refractivity contribution in [3.63, 3.8) is 0 Å². The van der Waals surface area contributed by atoms with Gasteiger partial charge in [-0.05, 0) is 70.0 Å². The predicted octanol–water partition coefficient (Wildman–Crippen LogP) is 6.08. The number of likely N-dealkylation sites (N-methyl/N-ethyl adjacent to an activating group) is 1. The third-order valence-electron chi connectivity index (χ3n) is 7.05. The third kappa shape index (κ3) is 6.11. The normalized spacial score (nSPS) is 14.9. The van der Waals surface area contributed by atoms with E-state index < -0.39 is 17.7 Å². The zero-order chi connectivity index (χ0) is 30.2. The maximum atomic E-state index is 13.2. The van der Waals surface area contributed by atoms with Gasteiger partial charge in [-0.25, -0.2) is 19.7 Å². The second kappa shape index (κ2) is 11.9. The molecule has 0 radical (unpaired) electrons. The molecule has 1 atom stereocenters. The number of aromatic nitrogens is 3. The van der Waals surface area contributed by atoms with Crippen molar-refractivity contribution < 1.29 is 19.1 Å². The Bertz CT molecular complexity index is 1630. The third-order valence-corrected chi connectivity index (χ3v) is 8.42. The Labute approximate surface area is 254 Å². The lowest BCUT2D eigenvalue weighted by Crippen LogP contribution is -2.50. The summed E-state index contributed by atoms with van der Waals surface area (Å²) in [5.41, 5.74) is 4.09. The molecule has 0 saturated carbocycles. The molecule has 1 aliphatic rings. The SMILES string of the molecule is CCN1CCN(c2nccc(-c3nc4cc(C)c(C(OC(C)(C)C)C(=O)OC)c(-c5ccc(Cl)cc5)c4s3)n2)CC1=O. The van der Waals surface area contributed by atoms with Crippen LogP contribution in [0.25, 0.3) is 32.0 Å². The Kier molecular flexibility index (Phi) is 8.50. The van der Waals surface area contributed by atoms with E-state index in [1.807, 2.05) is 80.8 Å².